The van der Waals surface area contributed by atoms with Gasteiger partial charge >= 0.3 is 19.8 Å². The fraction of sp³-hybridized carbons (Fsp3) is 0.870. The van der Waals surface area contributed by atoms with Gasteiger partial charge in [-0.15, -0.1) is 6.58 Å². The number of carbonyl (C=O) groups excluding carboxylic acids is 2. The molecule has 10 nitrogen and oxygen atoms in total. The Morgan fingerprint density at radius 1 is 0.561 bits per heavy atom. The molecule has 0 heterocycles. The summed E-state index contributed by atoms with van der Waals surface area (Å²) in [5.74, 6) is -0.921. The van der Waals surface area contributed by atoms with E-state index in [1.807, 2.05) is 6.08 Å². The molecule has 0 radical (unpaired) electrons. The number of aliphatic hydroxyl groups is 2. The fourth-order valence-corrected chi connectivity index (χ4v) is 7.41. The summed E-state index contributed by atoms with van der Waals surface area (Å²) in [5, 5.41) is 18.3. The first-order valence-electron chi connectivity index (χ1n) is 23.3. The third-order valence-corrected chi connectivity index (χ3v) is 11.2. The van der Waals surface area contributed by atoms with Crippen molar-refractivity contribution in [2.24, 2.45) is 0 Å². The second-order valence-corrected chi connectivity index (χ2v) is 17.3. The van der Waals surface area contributed by atoms with Crippen LogP contribution in [-0.4, -0.2) is 65.7 Å². The number of hydrogen-bond donors (Lipinski definition) is 3. The van der Waals surface area contributed by atoms with E-state index in [0.717, 1.165) is 44.9 Å². The number of hydrogen-bond acceptors (Lipinski definition) is 9. The minimum absolute atomic E-state index is 0.184. The Morgan fingerprint density at radius 2 is 0.947 bits per heavy atom. The molecular weight excluding hydrogens is 743 g/mol. The van der Waals surface area contributed by atoms with Crippen LogP contribution in [0.4, 0.5) is 0 Å². The number of esters is 2. The molecule has 0 aliphatic heterocycles. The van der Waals surface area contributed by atoms with Gasteiger partial charge in [-0.1, -0.05) is 173 Å². The van der Waals surface area contributed by atoms with Crippen molar-refractivity contribution in [2.75, 3.05) is 26.4 Å². The van der Waals surface area contributed by atoms with Crippen molar-refractivity contribution < 1.29 is 47.8 Å². The molecule has 57 heavy (non-hydrogen) atoms. The third-order valence-electron chi connectivity index (χ3n) is 10.2. The van der Waals surface area contributed by atoms with Gasteiger partial charge in [-0.3, -0.25) is 18.6 Å². The summed E-state index contributed by atoms with van der Waals surface area (Å²) in [4.78, 5) is 35.0. The van der Waals surface area contributed by atoms with Crippen molar-refractivity contribution in [3.05, 3.63) is 24.8 Å². The second-order valence-electron chi connectivity index (χ2n) is 15.9. The minimum atomic E-state index is -4.62. The number of allylic oxidation sites excluding steroid dienone is 3. The van der Waals surface area contributed by atoms with Gasteiger partial charge < -0.3 is 24.6 Å². The van der Waals surface area contributed by atoms with Crippen LogP contribution >= 0.6 is 7.82 Å². The molecule has 0 aromatic heterocycles. The SMILES string of the molecule is C=CCCCCCCCCCCCCCCCC(=O)O[C@H](COC(=O)CCCCCCCCCCC/C=C/CCCCCCCC)COP(=O)(O)OC[C@@H](O)CO. The van der Waals surface area contributed by atoms with Crippen molar-refractivity contribution in [1.82, 2.24) is 0 Å². The van der Waals surface area contributed by atoms with E-state index in [0.29, 0.717) is 12.8 Å². The summed E-state index contributed by atoms with van der Waals surface area (Å²) in [6, 6.07) is 0. The van der Waals surface area contributed by atoms with E-state index in [1.54, 1.807) is 0 Å². The number of phosphoric acid groups is 1. The predicted molar refractivity (Wildman–Crippen MR) is 233 cm³/mol. The summed E-state index contributed by atoms with van der Waals surface area (Å²) in [6.45, 7) is 3.92. The molecule has 3 N–H and O–H groups in total. The highest BCUT2D eigenvalue weighted by Crippen LogP contribution is 2.43. The maximum absolute atomic E-state index is 12.6. The number of phosphoric ester groups is 1. The molecule has 0 saturated heterocycles. The molecule has 0 aromatic carbocycles. The zero-order chi connectivity index (χ0) is 41.9. The number of aliphatic hydroxyl groups excluding tert-OH is 2. The van der Waals surface area contributed by atoms with Crippen LogP contribution in [0.3, 0.4) is 0 Å². The van der Waals surface area contributed by atoms with Crippen molar-refractivity contribution in [3.8, 4) is 0 Å². The van der Waals surface area contributed by atoms with Gasteiger partial charge in [0.2, 0.25) is 0 Å². The normalized spacial score (nSPS) is 13.8. The third kappa shape index (κ3) is 42.4. The van der Waals surface area contributed by atoms with Gasteiger partial charge in [0.05, 0.1) is 19.8 Å². The Kier molecular flexibility index (Phi) is 41.4. The molecule has 1 unspecified atom stereocenters. The van der Waals surface area contributed by atoms with E-state index in [-0.39, 0.29) is 19.4 Å². The molecule has 0 bridgehead atoms. The lowest BCUT2D eigenvalue weighted by molar-refractivity contribution is -0.161. The first-order valence-corrected chi connectivity index (χ1v) is 24.7. The van der Waals surface area contributed by atoms with Crippen LogP contribution in [0.1, 0.15) is 219 Å². The highest BCUT2D eigenvalue weighted by atomic mass is 31.2. The molecule has 0 saturated carbocycles. The van der Waals surface area contributed by atoms with E-state index in [1.165, 1.54) is 141 Å². The van der Waals surface area contributed by atoms with Crippen LogP contribution in [-0.2, 0) is 32.7 Å². The number of carbonyl (C=O) groups is 2. The summed E-state index contributed by atoms with van der Waals surface area (Å²) in [6.07, 6.45) is 41.7. The van der Waals surface area contributed by atoms with Crippen molar-refractivity contribution in [2.45, 2.75) is 231 Å². The van der Waals surface area contributed by atoms with Crippen LogP contribution in [0.5, 0.6) is 0 Å². The van der Waals surface area contributed by atoms with E-state index in [9.17, 15) is 24.2 Å². The van der Waals surface area contributed by atoms with Gasteiger partial charge in [0.1, 0.15) is 12.7 Å². The highest BCUT2D eigenvalue weighted by Gasteiger charge is 2.27. The van der Waals surface area contributed by atoms with E-state index in [2.05, 4.69) is 25.7 Å². The first kappa shape index (κ1) is 55.5. The molecule has 0 spiro atoms. The average Bonchev–Trinajstić information content (AvgIpc) is 3.20. The summed E-state index contributed by atoms with van der Waals surface area (Å²) in [7, 11) is -4.62. The lowest BCUT2D eigenvalue weighted by Crippen LogP contribution is -2.29. The van der Waals surface area contributed by atoms with Gasteiger partial charge in [-0.05, 0) is 51.4 Å². The quantitative estimate of drug-likeness (QED) is 0.0234. The molecule has 0 aliphatic rings. The van der Waals surface area contributed by atoms with E-state index in [4.69, 9.17) is 23.6 Å². The number of ether oxygens (including phenoxy) is 2. The van der Waals surface area contributed by atoms with Gasteiger partial charge in [-0.2, -0.15) is 0 Å². The lowest BCUT2D eigenvalue weighted by Gasteiger charge is -2.20. The summed E-state index contributed by atoms with van der Waals surface area (Å²) < 4.78 is 32.8. The maximum Gasteiger partial charge on any atom is 0.472 e. The Bertz CT molecular complexity index is 990. The zero-order valence-corrected chi connectivity index (χ0v) is 37.3. The fourth-order valence-electron chi connectivity index (χ4n) is 6.62. The average molecular weight is 831 g/mol. The highest BCUT2D eigenvalue weighted by molar-refractivity contribution is 7.47. The van der Waals surface area contributed by atoms with Gasteiger partial charge in [0.25, 0.3) is 0 Å². The van der Waals surface area contributed by atoms with Gasteiger partial charge in [-0.25, -0.2) is 4.57 Å². The predicted octanol–water partition coefficient (Wildman–Crippen LogP) is 12.6. The molecule has 336 valence electrons. The van der Waals surface area contributed by atoms with Crippen molar-refractivity contribution in [1.29, 1.82) is 0 Å². The van der Waals surface area contributed by atoms with Crippen LogP contribution in [0.25, 0.3) is 0 Å². The van der Waals surface area contributed by atoms with Crippen LogP contribution in [0.15, 0.2) is 24.8 Å². The molecule has 0 aliphatic carbocycles. The van der Waals surface area contributed by atoms with Crippen LogP contribution in [0.2, 0.25) is 0 Å². The largest absolute Gasteiger partial charge is 0.472 e. The number of rotatable bonds is 45. The molecule has 3 atom stereocenters. The molecule has 0 aromatic rings. The maximum atomic E-state index is 12.6. The van der Waals surface area contributed by atoms with Gasteiger partial charge in [0.15, 0.2) is 6.10 Å². The van der Waals surface area contributed by atoms with Gasteiger partial charge in [0, 0.05) is 12.8 Å². The monoisotopic (exact) mass is 831 g/mol. The lowest BCUT2D eigenvalue weighted by atomic mass is 10.0. The second kappa shape index (κ2) is 42.6. The first-order chi connectivity index (χ1) is 27.7. The molecule has 11 heteroatoms. The number of unbranched alkanes of at least 4 members (excludes halogenated alkanes) is 28. The Balaban J connectivity index is 4.20. The van der Waals surface area contributed by atoms with E-state index >= 15 is 0 Å². The molecular formula is C46H87O10P. The Hall–Kier alpha value is -1.55. The van der Waals surface area contributed by atoms with Crippen LogP contribution in [0, 0.1) is 0 Å². The minimum Gasteiger partial charge on any atom is -0.462 e. The standard InChI is InChI=1S/C46H87O10P/c1-3-5-7-9-11-13-15-17-19-20-21-22-24-25-27-29-31-33-35-37-45(49)53-41-44(42-55-57(51,52)54-40-43(48)39-47)56-46(50)38-36-34-32-30-28-26-23-18-16-14-12-10-8-6-4-2/h4,17,19,43-44,47-48H,2-3,5-16,18,20-42H2,1H3,(H,51,52)/b19-17+/t43-,44+/m0/s1. The Labute approximate surface area is 348 Å². The molecule has 0 amide bonds. The van der Waals surface area contributed by atoms with Crippen molar-refractivity contribution in [3.63, 3.8) is 0 Å². The van der Waals surface area contributed by atoms with E-state index < -0.39 is 51.8 Å². The topological polar surface area (TPSA) is 149 Å². The summed E-state index contributed by atoms with van der Waals surface area (Å²) in [5.41, 5.74) is 0. The summed E-state index contributed by atoms with van der Waals surface area (Å²) >= 11 is 0. The van der Waals surface area contributed by atoms with Crippen molar-refractivity contribution >= 4 is 19.8 Å². The molecule has 0 fully saturated rings. The molecule has 0 rings (SSSR count). The Morgan fingerprint density at radius 3 is 1.39 bits per heavy atom. The zero-order valence-electron chi connectivity index (χ0n) is 36.4. The smallest absolute Gasteiger partial charge is 0.462 e. The van der Waals surface area contributed by atoms with Crippen LogP contribution < -0.4 is 0 Å².